The Morgan fingerprint density at radius 3 is 1.53 bits per heavy atom. The molecule has 0 rings (SSSR count). The van der Waals surface area contributed by atoms with Crippen molar-refractivity contribution in [1.29, 1.82) is 0 Å². The molecule has 0 aliphatic heterocycles. The molecule has 0 aromatic heterocycles. The van der Waals surface area contributed by atoms with E-state index in [1.54, 1.807) is 0 Å². The number of thioether (sulfide) groups is 1. The highest BCUT2D eigenvalue weighted by molar-refractivity contribution is 7.99. The highest BCUT2D eigenvalue weighted by Crippen LogP contribution is 2.11. The summed E-state index contributed by atoms with van der Waals surface area (Å²) in [4.78, 5) is 20.8. The van der Waals surface area contributed by atoms with Crippen molar-refractivity contribution in [1.82, 2.24) is 0 Å². The summed E-state index contributed by atoms with van der Waals surface area (Å²) in [6.45, 7) is 0. The Kier molecular flexibility index (Phi) is 11.0. The Morgan fingerprint density at radius 1 is 0.800 bits per heavy atom. The van der Waals surface area contributed by atoms with Crippen LogP contribution in [0, 0.1) is 0 Å². The van der Waals surface area contributed by atoms with Gasteiger partial charge in [-0.15, -0.1) is 0 Å². The molecular weight excluding hydrogens is 255 g/mol. The van der Waals surface area contributed by atoms with E-state index >= 15 is 0 Å². The lowest BCUT2D eigenvalue weighted by molar-refractivity contribution is -0.112. The minimum atomic E-state index is -0.249. The first kappa shape index (κ1) is 15.3. The monoisotopic (exact) mass is 270 g/mol. The summed E-state index contributed by atoms with van der Waals surface area (Å²) in [5.41, 5.74) is 0. The molecule has 0 N–H and O–H groups in total. The third-order valence-corrected chi connectivity index (χ3v) is 3.36. The number of halogens is 2. The molecule has 0 spiro atoms. The zero-order valence-corrected chi connectivity index (χ0v) is 11.0. The van der Waals surface area contributed by atoms with Gasteiger partial charge in [-0.25, -0.2) is 0 Å². The van der Waals surface area contributed by atoms with Crippen LogP contribution in [0.25, 0.3) is 0 Å². The van der Waals surface area contributed by atoms with Gasteiger partial charge in [-0.2, -0.15) is 11.8 Å². The van der Waals surface area contributed by atoms with Gasteiger partial charge in [0.05, 0.1) is 0 Å². The number of carbonyl (C=O) groups is 2. The van der Waals surface area contributed by atoms with E-state index in [0.717, 1.165) is 37.2 Å². The van der Waals surface area contributed by atoms with Crippen LogP contribution in [0.15, 0.2) is 0 Å². The topological polar surface area (TPSA) is 34.1 Å². The van der Waals surface area contributed by atoms with Gasteiger partial charge in [0.1, 0.15) is 0 Å². The zero-order valence-electron chi connectivity index (χ0n) is 8.64. The fraction of sp³-hybridized carbons (Fsp3) is 0.800. The van der Waals surface area contributed by atoms with Crippen molar-refractivity contribution < 1.29 is 9.59 Å². The van der Waals surface area contributed by atoms with Crippen LogP contribution in [0.5, 0.6) is 0 Å². The number of rotatable bonds is 10. The molecule has 0 bridgehead atoms. The number of carbonyl (C=O) groups excluding carboxylic acids is 2. The summed E-state index contributed by atoms with van der Waals surface area (Å²) in [6.07, 6.45) is 4.74. The van der Waals surface area contributed by atoms with Gasteiger partial charge in [-0.3, -0.25) is 9.59 Å². The maximum absolute atomic E-state index is 10.4. The minimum Gasteiger partial charge on any atom is -0.281 e. The summed E-state index contributed by atoms with van der Waals surface area (Å²) < 4.78 is 0. The van der Waals surface area contributed by atoms with Gasteiger partial charge in [-0.1, -0.05) is 0 Å². The van der Waals surface area contributed by atoms with Gasteiger partial charge >= 0.3 is 0 Å². The van der Waals surface area contributed by atoms with Crippen LogP contribution in [0.3, 0.4) is 0 Å². The molecule has 0 saturated heterocycles. The van der Waals surface area contributed by atoms with Crippen LogP contribution in [0.1, 0.15) is 38.5 Å². The lowest BCUT2D eigenvalue weighted by Gasteiger charge is -2.00. The second-order valence-corrected chi connectivity index (χ2v) is 5.30. The standard InChI is InChI=1S/C10H16Cl2O2S/c11-9(13)5-1-3-7-15-8-4-2-6-10(12)14/h1-8H2. The van der Waals surface area contributed by atoms with Crippen molar-refractivity contribution in [2.24, 2.45) is 0 Å². The van der Waals surface area contributed by atoms with Crippen molar-refractivity contribution >= 4 is 45.4 Å². The van der Waals surface area contributed by atoms with Gasteiger partial charge in [0.15, 0.2) is 0 Å². The largest absolute Gasteiger partial charge is 0.281 e. The number of hydrogen-bond donors (Lipinski definition) is 0. The second-order valence-electron chi connectivity index (χ2n) is 3.24. The smallest absolute Gasteiger partial charge is 0.221 e. The molecule has 0 radical (unpaired) electrons. The summed E-state index contributed by atoms with van der Waals surface area (Å²) in [6, 6.07) is 0. The maximum Gasteiger partial charge on any atom is 0.221 e. The van der Waals surface area contributed by atoms with Crippen LogP contribution in [-0.2, 0) is 9.59 Å². The van der Waals surface area contributed by atoms with Crippen LogP contribution in [0.4, 0.5) is 0 Å². The molecule has 0 aliphatic rings. The molecular formula is C10H16Cl2O2S. The van der Waals surface area contributed by atoms with Gasteiger partial charge in [0.2, 0.25) is 10.5 Å². The van der Waals surface area contributed by atoms with Crippen molar-refractivity contribution in [3.63, 3.8) is 0 Å². The van der Waals surface area contributed by atoms with E-state index in [1.807, 2.05) is 11.8 Å². The Hall–Kier alpha value is 0.270. The highest BCUT2D eigenvalue weighted by Gasteiger charge is 1.97. The lowest BCUT2D eigenvalue weighted by Crippen LogP contribution is -1.90. The molecule has 0 aromatic carbocycles. The number of hydrogen-bond acceptors (Lipinski definition) is 3. The van der Waals surface area contributed by atoms with E-state index in [4.69, 9.17) is 23.2 Å². The Balaban J connectivity index is 2.99. The first-order valence-corrected chi connectivity index (χ1v) is 6.98. The molecule has 0 unspecified atom stereocenters. The summed E-state index contributed by atoms with van der Waals surface area (Å²) >= 11 is 12.2. The van der Waals surface area contributed by atoms with E-state index in [2.05, 4.69) is 0 Å². The van der Waals surface area contributed by atoms with Crippen LogP contribution >= 0.6 is 35.0 Å². The predicted octanol–water partition coefficient (Wildman–Crippen LogP) is 3.59. The third kappa shape index (κ3) is 14.3. The van der Waals surface area contributed by atoms with Gasteiger partial charge < -0.3 is 0 Å². The van der Waals surface area contributed by atoms with E-state index in [-0.39, 0.29) is 10.5 Å². The van der Waals surface area contributed by atoms with E-state index < -0.39 is 0 Å². The highest BCUT2D eigenvalue weighted by atomic mass is 35.5. The molecule has 15 heavy (non-hydrogen) atoms. The zero-order chi connectivity index (χ0) is 11.5. The van der Waals surface area contributed by atoms with Crippen molar-refractivity contribution in [3.05, 3.63) is 0 Å². The Morgan fingerprint density at radius 2 is 1.20 bits per heavy atom. The van der Waals surface area contributed by atoms with Crippen molar-refractivity contribution in [2.75, 3.05) is 11.5 Å². The first-order chi connectivity index (χ1) is 7.13. The van der Waals surface area contributed by atoms with E-state index in [1.165, 1.54) is 0 Å². The Bertz CT molecular complexity index is 178. The maximum atomic E-state index is 10.4. The summed E-state index contributed by atoms with van der Waals surface area (Å²) in [5.74, 6) is 2.11. The quantitative estimate of drug-likeness (QED) is 0.450. The summed E-state index contributed by atoms with van der Waals surface area (Å²) in [5, 5.41) is -0.499. The average molecular weight is 271 g/mol. The fourth-order valence-electron chi connectivity index (χ4n) is 1.04. The molecule has 0 fully saturated rings. The molecule has 0 aromatic rings. The fourth-order valence-corrected chi connectivity index (χ4v) is 2.33. The molecule has 0 atom stereocenters. The minimum absolute atomic E-state index is 0.249. The van der Waals surface area contributed by atoms with Crippen LogP contribution in [-0.4, -0.2) is 22.0 Å². The van der Waals surface area contributed by atoms with Gasteiger partial charge in [-0.05, 0) is 60.4 Å². The van der Waals surface area contributed by atoms with Gasteiger partial charge in [0, 0.05) is 12.8 Å². The molecule has 0 saturated carbocycles. The lowest BCUT2D eigenvalue weighted by atomic mass is 10.3. The SMILES string of the molecule is O=C(Cl)CCCCSCCCCC(=O)Cl. The molecule has 88 valence electrons. The molecule has 0 heterocycles. The van der Waals surface area contributed by atoms with E-state index in [9.17, 15) is 9.59 Å². The Labute approximate surface area is 105 Å². The van der Waals surface area contributed by atoms with Crippen molar-refractivity contribution in [3.8, 4) is 0 Å². The third-order valence-electron chi connectivity index (χ3n) is 1.82. The average Bonchev–Trinajstić information content (AvgIpc) is 2.14. The van der Waals surface area contributed by atoms with Crippen molar-refractivity contribution in [2.45, 2.75) is 38.5 Å². The predicted molar refractivity (Wildman–Crippen MR) is 66.7 cm³/mol. The van der Waals surface area contributed by atoms with Gasteiger partial charge in [0.25, 0.3) is 0 Å². The first-order valence-electron chi connectivity index (χ1n) is 5.07. The normalized spacial score (nSPS) is 10.3. The summed E-state index contributed by atoms with van der Waals surface area (Å²) in [7, 11) is 0. The van der Waals surface area contributed by atoms with Crippen LogP contribution < -0.4 is 0 Å². The second kappa shape index (κ2) is 10.8. The molecule has 5 heteroatoms. The molecule has 2 nitrogen and oxygen atoms in total. The number of unbranched alkanes of at least 4 members (excludes halogenated alkanes) is 2. The molecule has 0 aliphatic carbocycles. The van der Waals surface area contributed by atoms with Crippen LogP contribution in [0.2, 0.25) is 0 Å². The van der Waals surface area contributed by atoms with E-state index in [0.29, 0.717) is 12.8 Å². The molecule has 0 amide bonds.